The Morgan fingerprint density at radius 3 is 2.44 bits per heavy atom. The van der Waals surface area contributed by atoms with Crippen molar-refractivity contribution in [1.82, 2.24) is 4.72 Å². The van der Waals surface area contributed by atoms with E-state index < -0.39 is 15.8 Å². The summed E-state index contributed by atoms with van der Waals surface area (Å²) in [5.41, 5.74) is 5.53. The number of anilines is 1. The first kappa shape index (κ1) is 14.9. The van der Waals surface area contributed by atoms with Gasteiger partial charge in [-0.3, -0.25) is 0 Å². The van der Waals surface area contributed by atoms with Crippen molar-refractivity contribution >= 4 is 15.7 Å². The second kappa shape index (κ2) is 5.67. The Bertz CT molecular complexity index is 497. The van der Waals surface area contributed by atoms with Gasteiger partial charge in [-0.2, -0.15) is 0 Å². The fourth-order valence-electron chi connectivity index (χ4n) is 1.52. The van der Waals surface area contributed by atoms with Gasteiger partial charge in [-0.05, 0) is 31.0 Å². The van der Waals surface area contributed by atoms with E-state index in [0.29, 0.717) is 0 Å². The summed E-state index contributed by atoms with van der Waals surface area (Å²) in [5, 5.41) is 0. The molecule has 0 aromatic heterocycles. The van der Waals surface area contributed by atoms with Gasteiger partial charge in [0, 0.05) is 11.7 Å². The van der Waals surface area contributed by atoms with E-state index in [0.717, 1.165) is 18.6 Å². The van der Waals surface area contributed by atoms with E-state index in [1.807, 2.05) is 13.8 Å². The molecule has 1 rings (SSSR count). The van der Waals surface area contributed by atoms with Gasteiger partial charge >= 0.3 is 0 Å². The van der Waals surface area contributed by atoms with Crippen LogP contribution >= 0.6 is 0 Å². The highest BCUT2D eigenvalue weighted by atomic mass is 32.2. The van der Waals surface area contributed by atoms with Crippen molar-refractivity contribution in [3.63, 3.8) is 0 Å². The van der Waals surface area contributed by atoms with Crippen molar-refractivity contribution in [1.29, 1.82) is 0 Å². The van der Waals surface area contributed by atoms with E-state index in [2.05, 4.69) is 4.72 Å². The minimum Gasteiger partial charge on any atom is -0.399 e. The van der Waals surface area contributed by atoms with Gasteiger partial charge in [0.2, 0.25) is 10.0 Å². The fourth-order valence-corrected chi connectivity index (χ4v) is 2.94. The summed E-state index contributed by atoms with van der Waals surface area (Å²) in [6.07, 6.45) is 0.856. The maximum Gasteiger partial charge on any atom is 0.240 e. The number of nitrogens with two attached hydrogens (primary N) is 1. The number of hydrogen-bond donors (Lipinski definition) is 2. The Kier molecular flexibility index (Phi) is 4.70. The molecule has 0 fully saturated rings. The predicted molar refractivity (Wildman–Crippen MR) is 70.1 cm³/mol. The van der Waals surface area contributed by atoms with E-state index in [4.69, 9.17) is 5.73 Å². The third kappa shape index (κ3) is 3.68. The Labute approximate surface area is 107 Å². The lowest BCUT2D eigenvalue weighted by molar-refractivity contribution is 0.434. The zero-order chi connectivity index (χ0) is 13.9. The summed E-state index contributed by atoms with van der Waals surface area (Å²) in [6.45, 7) is 5.72. The van der Waals surface area contributed by atoms with Crippen LogP contribution in [0.25, 0.3) is 0 Å². The highest BCUT2D eigenvalue weighted by molar-refractivity contribution is 7.89. The second-order valence-corrected chi connectivity index (χ2v) is 6.23. The van der Waals surface area contributed by atoms with Crippen LogP contribution in [0.3, 0.4) is 0 Å². The summed E-state index contributed by atoms with van der Waals surface area (Å²) < 4.78 is 39.7. The van der Waals surface area contributed by atoms with Crippen LogP contribution in [0.15, 0.2) is 23.1 Å². The van der Waals surface area contributed by atoms with Gasteiger partial charge < -0.3 is 5.73 Å². The number of hydrogen-bond acceptors (Lipinski definition) is 3. The summed E-state index contributed by atoms with van der Waals surface area (Å²) in [7, 11) is -3.73. The molecular formula is C12H19FN2O2S. The van der Waals surface area contributed by atoms with Gasteiger partial charge in [0.1, 0.15) is 5.82 Å². The largest absolute Gasteiger partial charge is 0.399 e. The van der Waals surface area contributed by atoms with Crippen LogP contribution in [0.5, 0.6) is 0 Å². The molecule has 2 atom stereocenters. The first-order chi connectivity index (χ1) is 8.26. The molecule has 0 aliphatic rings. The number of nitrogen functional groups attached to an aromatic ring is 1. The zero-order valence-electron chi connectivity index (χ0n) is 10.8. The molecule has 6 heteroatoms. The van der Waals surface area contributed by atoms with Crippen LogP contribution < -0.4 is 10.5 Å². The van der Waals surface area contributed by atoms with E-state index >= 15 is 0 Å². The quantitative estimate of drug-likeness (QED) is 0.808. The van der Waals surface area contributed by atoms with Crippen molar-refractivity contribution in [2.24, 2.45) is 5.92 Å². The minimum absolute atomic E-state index is 0.0894. The molecular weight excluding hydrogens is 255 g/mol. The summed E-state index contributed by atoms with van der Waals surface area (Å²) in [4.78, 5) is -0.143. The molecule has 2 unspecified atom stereocenters. The van der Waals surface area contributed by atoms with Gasteiger partial charge in [0.05, 0.1) is 4.90 Å². The monoisotopic (exact) mass is 274 g/mol. The van der Waals surface area contributed by atoms with Crippen molar-refractivity contribution < 1.29 is 12.8 Å². The Balaban J connectivity index is 2.99. The average molecular weight is 274 g/mol. The second-order valence-electron chi connectivity index (χ2n) is 4.52. The van der Waals surface area contributed by atoms with Gasteiger partial charge in [0.25, 0.3) is 0 Å². The Morgan fingerprint density at radius 2 is 1.94 bits per heavy atom. The molecule has 0 saturated heterocycles. The molecule has 3 N–H and O–H groups in total. The summed E-state index contributed by atoms with van der Waals surface area (Å²) >= 11 is 0. The van der Waals surface area contributed by atoms with Crippen molar-refractivity contribution in [2.75, 3.05) is 5.73 Å². The number of sulfonamides is 1. The standard InChI is InChI=1S/C12H19FN2O2S/c1-4-8(2)9(3)15-18(16,17)12-6-10(13)5-11(14)7-12/h5-9,15H,4,14H2,1-3H3. The van der Waals surface area contributed by atoms with E-state index in [1.165, 1.54) is 6.07 Å². The number of rotatable bonds is 5. The van der Waals surface area contributed by atoms with Crippen LogP contribution in [0.1, 0.15) is 27.2 Å². The Morgan fingerprint density at radius 1 is 1.33 bits per heavy atom. The first-order valence-electron chi connectivity index (χ1n) is 5.84. The molecule has 102 valence electrons. The van der Waals surface area contributed by atoms with E-state index in [-0.39, 0.29) is 22.5 Å². The summed E-state index contributed by atoms with van der Waals surface area (Å²) in [5.74, 6) is -0.461. The maximum absolute atomic E-state index is 13.1. The average Bonchev–Trinajstić information content (AvgIpc) is 2.26. The summed E-state index contributed by atoms with van der Waals surface area (Å²) in [6, 6.07) is 3.07. The SMILES string of the molecule is CCC(C)C(C)NS(=O)(=O)c1cc(N)cc(F)c1. The molecule has 0 bridgehead atoms. The molecule has 4 nitrogen and oxygen atoms in total. The number of nitrogens with one attached hydrogen (secondary N) is 1. The van der Waals surface area contributed by atoms with Crippen molar-refractivity contribution in [3.05, 3.63) is 24.0 Å². The third-order valence-electron chi connectivity index (χ3n) is 3.04. The minimum atomic E-state index is -3.73. The van der Waals surface area contributed by atoms with E-state index in [1.54, 1.807) is 6.92 Å². The zero-order valence-corrected chi connectivity index (χ0v) is 11.6. The molecule has 1 aromatic carbocycles. The lowest BCUT2D eigenvalue weighted by atomic mass is 10.0. The van der Waals surface area contributed by atoms with Crippen LogP contribution in [0.2, 0.25) is 0 Å². The van der Waals surface area contributed by atoms with Crippen LogP contribution in [-0.2, 0) is 10.0 Å². The molecule has 0 radical (unpaired) electrons. The topological polar surface area (TPSA) is 72.2 Å². The molecule has 0 aliphatic carbocycles. The maximum atomic E-state index is 13.1. The number of halogens is 1. The molecule has 0 amide bonds. The fraction of sp³-hybridized carbons (Fsp3) is 0.500. The van der Waals surface area contributed by atoms with Crippen LogP contribution in [0.4, 0.5) is 10.1 Å². The van der Waals surface area contributed by atoms with Gasteiger partial charge in [-0.1, -0.05) is 20.3 Å². The molecule has 0 aliphatic heterocycles. The normalized spacial score (nSPS) is 15.3. The molecule has 1 aromatic rings. The molecule has 0 spiro atoms. The van der Waals surface area contributed by atoms with Crippen LogP contribution in [0, 0.1) is 11.7 Å². The smallest absolute Gasteiger partial charge is 0.240 e. The van der Waals surface area contributed by atoms with Gasteiger partial charge in [-0.15, -0.1) is 0 Å². The van der Waals surface area contributed by atoms with Gasteiger partial charge in [-0.25, -0.2) is 17.5 Å². The highest BCUT2D eigenvalue weighted by Crippen LogP contribution is 2.17. The lowest BCUT2D eigenvalue weighted by Gasteiger charge is -2.19. The van der Waals surface area contributed by atoms with Crippen molar-refractivity contribution in [3.8, 4) is 0 Å². The van der Waals surface area contributed by atoms with Crippen molar-refractivity contribution in [2.45, 2.75) is 38.1 Å². The predicted octanol–water partition coefficient (Wildman–Crippen LogP) is 2.12. The van der Waals surface area contributed by atoms with Gasteiger partial charge in [0.15, 0.2) is 0 Å². The number of benzene rings is 1. The van der Waals surface area contributed by atoms with E-state index in [9.17, 15) is 12.8 Å². The Hall–Kier alpha value is -1.14. The first-order valence-corrected chi connectivity index (χ1v) is 7.33. The highest BCUT2D eigenvalue weighted by Gasteiger charge is 2.21. The third-order valence-corrected chi connectivity index (χ3v) is 4.58. The molecule has 0 saturated carbocycles. The lowest BCUT2D eigenvalue weighted by Crippen LogP contribution is -2.36. The molecule has 0 heterocycles. The van der Waals surface area contributed by atoms with Crippen LogP contribution in [-0.4, -0.2) is 14.5 Å². The molecule has 18 heavy (non-hydrogen) atoms.